The van der Waals surface area contributed by atoms with Crippen molar-refractivity contribution in [3.63, 3.8) is 0 Å². The van der Waals surface area contributed by atoms with Gasteiger partial charge in [-0.2, -0.15) is 0 Å². The zero-order valence-electron chi connectivity index (χ0n) is 11.1. The minimum Gasteiger partial charge on any atom is -0.493 e. The van der Waals surface area contributed by atoms with Gasteiger partial charge in [0.2, 0.25) is 0 Å². The molecule has 2 aromatic carbocycles. The highest BCUT2D eigenvalue weighted by Gasteiger charge is 2.23. The minimum absolute atomic E-state index is 0.295. The summed E-state index contributed by atoms with van der Waals surface area (Å²) in [5.41, 5.74) is 1.53. The first-order valence-electron chi connectivity index (χ1n) is 6.52. The maximum Gasteiger partial charge on any atom is 0.336 e. The molecule has 3 nitrogen and oxygen atoms in total. The van der Waals surface area contributed by atoms with Crippen molar-refractivity contribution in [3.8, 4) is 5.75 Å². The van der Waals surface area contributed by atoms with Crippen LogP contribution in [0.4, 0.5) is 0 Å². The van der Waals surface area contributed by atoms with Gasteiger partial charge in [0, 0.05) is 26.6 Å². The van der Waals surface area contributed by atoms with E-state index < -0.39 is 5.97 Å². The zero-order valence-corrected chi connectivity index (χ0v) is 13.5. The Kier molecular flexibility index (Phi) is 4.22. The van der Waals surface area contributed by atoms with Gasteiger partial charge >= 0.3 is 5.97 Å². The van der Waals surface area contributed by atoms with Crippen molar-refractivity contribution >= 4 is 33.7 Å². The lowest BCUT2D eigenvalue weighted by Gasteiger charge is -2.09. The Hall–Kier alpha value is -1.46. The van der Waals surface area contributed by atoms with Gasteiger partial charge in [-0.25, -0.2) is 4.79 Å². The van der Waals surface area contributed by atoms with Crippen LogP contribution in [0.5, 0.6) is 5.75 Å². The Balaban J connectivity index is 1.72. The van der Waals surface area contributed by atoms with Crippen molar-refractivity contribution in [1.29, 1.82) is 0 Å². The molecule has 0 amide bonds. The van der Waals surface area contributed by atoms with Crippen molar-refractivity contribution < 1.29 is 14.6 Å². The summed E-state index contributed by atoms with van der Waals surface area (Å²) in [5.74, 6) is 1.27. The summed E-state index contributed by atoms with van der Waals surface area (Å²) in [6.07, 6.45) is 0. The minimum atomic E-state index is -0.918. The van der Waals surface area contributed by atoms with Crippen LogP contribution in [0, 0.1) is 0 Å². The molecule has 0 bridgehead atoms. The normalized spacial score (nSPS) is 16.3. The second-order valence-corrected chi connectivity index (χ2v) is 6.75. The van der Waals surface area contributed by atoms with Gasteiger partial charge in [0.1, 0.15) is 5.75 Å². The van der Waals surface area contributed by atoms with Gasteiger partial charge in [0.05, 0.1) is 12.2 Å². The van der Waals surface area contributed by atoms with Crippen molar-refractivity contribution in [2.24, 2.45) is 0 Å². The maximum atomic E-state index is 11.1. The summed E-state index contributed by atoms with van der Waals surface area (Å²) >= 11 is 4.92. The number of aromatic carboxylic acids is 1. The van der Waals surface area contributed by atoms with Gasteiger partial charge in [-0.05, 0) is 40.2 Å². The van der Waals surface area contributed by atoms with E-state index in [1.807, 2.05) is 24.3 Å². The fourth-order valence-electron chi connectivity index (χ4n) is 2.32. The first-order valence-corrected chi connectivity index (χ1v) is 8.30. The van der Waals surface area contributed by atoms with E-state index in [0.717, 1.165) is 16.4 Å². The third-order valence-corrected chi connectivity index (χ3v) is 5.27. The van der Waals surface area contributed by atoms with Crippen LogP contribution in [0.25, 0.3) is 0 Å². The number of ether oxygens (including phenoxy) is 1. The fourth-order valence-corrected chi connectivity index (χ4v) is 3.77. The summed E-state index contributed by atoms with van der Waals surface area (Å²) in [7, 11) is 0. The predicted molar refractivity (Wildman–Crippen MR) is 86.5 cm³/mol. The van der Waals surface area contributed by atoms with E-state index in [2.05, 4.69) is 22.0 Å². The van der Waals surface area contributed by atoms with Gasteiger partial charge in [0.25, 0.3) is 0 Å². The summed E-state index contributed by atoms with van der Waals surface area (Å²) in [6, 6.07) is 13.5. The SMILES string of the molecule is O=C(O)c1cc(SCC2COc3ccccc32)ccc1Br. The van der Waals surface area contributed by atoms with Gasteiger partial charge < -0.3 is 9.84 Å². The van der Waals surface area contributed by atoms with Gasteiger partial charge in [-0.15, -0.1) is 11.8 Å². The maximum absolute atomic E-state index is 11.1. The molecule has 0 aliphatic carbocycles. The first-order chi connectivity index (χ1) is 10.1. The third kappa shape index (κ3) is 3.09. The number of hydrogen-bond donors (Lipinski definition) is 1. The van der Waals surface area contributed by atoms with E-state index in [1.165, 1.54) is 5.56 Å². The molecule has 1 aliphatic rings. The van der Waals surface area contributed by atoms with Crippen LogP contribution < -0.4 is 4.74 Å². The second kappa shape index (κ2) is 6.12. The van der Waals surface area contributed by atoms with E-state index in [4.69, 9.17) is 9.84 Å². The highest BCUT2D eigenvalue weighted by Crippen LogP contribution is 2.37. The number of benzene rings is 2. The molecule has 5 heteroatoms. The lowest BCUT2D eigenvalue weighted by atomic mass is 10.0. The fraction of sp³-hybridized carbons (Fsp3) is 0.188. The number of carbonyl (C=O) groups is 1. The molecule has 108 valence electrons. The number of rotatable bonds is 4. The van der Waals surface area contributed by atoms with E-state index in [-0.39, 0.29) is 0 Å². The summed E-state index contributed by atoms with van der Waals surface area (Å²) in [5, 5.41) is 9.14. The molecular formula is C16H13BrO3S. The average molecular weight is 365 g/mol. The topological polar surface area (TPSA) is 46.5 Å². The Bertz CT molecular complexity index is 687. The number of fused-ring (bicyclic) bond motifs is 1. The van der Waals surface area contributed by atoms with Crippen LogP contribution >= 0.6 is 27.7 Å². The lowest BCUT2D eigenvalue weighted by Crippen LogP contribution is -2.03. The second-order valence-electron chi connectivity index (χ2n) is 4.80. The van der Waals surface area contributed by atoms with Crippen molar-refractivity contribution in [3.05, 3.63) is 58.1 Å². The molecule has 21 heavy (non-hydrogen) atoms. The summed E-state index contributed by atoms with van der Waals surface area (Å²) in [6.45, 7) is 0.689. The Labute approximate surface area is 135 Å². The van der Waals surface area contributed by atoms with Crippen LogP contribution in [-0.4, -0.2) is 23.4 Å². The standard InChI is InChI=1S/C16H13BrO3S/c17-14-6-5-11(7-13(14)16(18)19)21-9-10-8-20-15-4-2-1-3-12(10)15/h1-7,10H,8-9H2,(H,18,19). The van der Waals surface area contributed by atoms with Crippen LogP contribution in [-0.2, 0) is 0 Å². The number of para-hydroxylation sites is 1. The smallest absolute Gasteiger partial charge is 0.336 e. The van der Waals surface area contributed by atoms with Crippen LogP contribution in [0.3, 0.4) is 0 Å². The van der Waals surface area contributed by atoms with Crippen molar-refractivity contribution in [2.75, 3.05) is 12.4 Å². The van der Waals surface area contributed by atoms with Crippen molar-refractivity contribution in [2.45, 2.75) is 10.8 Å². The number of halogens is 1. The highest BCUT2D eigenvalue weighted by molar-refractivity contribution is 9.10. The molecular weight excluding hydrogens is 352 g/mol. The average Bonchev–Trinajstić information content (AvgIpc) is 2.89. The van der Waals surface area contributed by atoms with E-state index >= 15 is 0 Å². The molecule has 0 spiro atoms. The molecule has 1 aliphatic heterocycles. The number of carboxylic acid groups (broad SMARTS) is 1. The molecule has 1 heterocycles. The summed E-state index contributed by atoms with van der Waals surface area (Å²) in [4.78, 5) is 12.1. The van der Waals surface area contributed by atoms with E-state index in [0.29, 0.717) is 22.6 Å². The van der Waals surface area contributed by atoms with E-state index in [1.54, 1.807) is 23.9 Å². The molecule has 3 rings (SSSR count). The Morgan fingerprint density at radius 2 is 2.14 bits per heavy atom. The Morgan fingerprint density at radius 1 is 1.33 bits per heavy atom. The summed E-state index contributed by atoms with van der Waals surface area (Å²) < 4.78 is 6.27. The third-order valence-electron chi connectivity index (χ3n) is 3.42. The van der Waals surface area contributed by atoms with Crippen molar-refractivity contribution in [1.82, 2.24) is 0 Å². The van der Waals surface area contributed by atoms with Gasteiger partial charge in [-0.1, -0.05) is 18.2 Å². The first kappa shape index (κ1) is 14.5. The molecule has 0 saturated heterocycles. The van der Waals surface area contributed by atoms with Gasteiger partial charge in [-0.3, -0.25) is 0 Å². The number of thioether (sulfide) groups is 1. The quantitative estimate of drug-likeness (QED) is 0.815. The largest absolute Gasteiger partial charge is 0.493 e. The molecule has 0 radical (unpaired) electrons. The Morgan fingerprint density at radius 3 is 2.95 bits per heavy atom. The lowest BCUT2D eigenvalue weighted by molar-refractivity contribution is 0.0695. The molecule has 1 atom stereocenters. The predicted octanol–water partition coefficient (Wildman–Crippen LogP) is 4.42. The molecule has 2 aromatic rings. The molecule has 0 fully saturated rings. The van der Waals surface area contributed by atoms with Gasteiger partial charge in [0.15, 0.2) is 0 Å². The molecule has 0 saturated carbocycles. The zero-order chi connectivity index (χ0) is 14.8. The highest BCUT2D eigenvalue weighted by atomic mass is 79.9. The molecule has 0 aromatic heterocycles. The monoisotopic (exact) mass is 364 g/mol. The van der Waals surface area contributed by atoms with E-state index in [9.17, 15) is 4.79 Å². The molecule has 1 unspecified atom stereocenters. The van der Waals surface area contributed by atoms with Crippen LogP contribution in [0.15, 0.2) is 51.8 Å². The molecule has 1 N–H and O–H groups in total. The number of hydrogen-bond acceptors (Lipinski definition) is 3. The van der Waals surface area contributed by atoms with Crippen LogP contribution in [0.2, 0.25) is 0 Å². The number of carboxylic acids is 1. The van der Waals surface area contributed by atoms with Crippen LogP contribution in [0.1, 0.15) is 21.8 Å².